The Bertz CT molecular complexity index is 866. The Kier molecular flexibility index (Phi) is 5.32. The Morgan fingerprint density at radius 3 is 2.57 bits per heavy atom. The van der Waals surface area contributed by atoms with Gasteiger partial charge in [-0.15, -0.1) is 0 Å². The Hall–Kier alpha value is -2.83. The molecule has 0 radical (unpaired) electrons. The van der Waals surface area contributed by atoms with Crippen molar-refractivity contribution < 1.29 is 18.8 Å². The van der Waals surface area contributed by atoms with Crippen molar-refractivity contribution in [1.29, 1.82) is 0 Å². The highest BCUT2D eigenvalue weighted by atomic mass is 16.6. The third-order valence-electron chi connectivity index (χ3n) is 5.27. The van der Waals surface area contributed by atoms with Crippen LogP contribution in [-0.4, -0.2) is 29.3 Å². The van der Waals surface area contributed by atoms with Gasteiger partial charge in [-0.2, -0.15) is 4.98 Å². The standard InChI is InChI=1S/C21H25N3O4/c1-15-22-20(24-28-15)21(10-4-2-3-5-11-21)23-19(25)9-7-16-6-8-17-18(14-16)27-13-12-26-17/h6-9,14H,2-5,10-13H2,1H3,(H,23,25)/b9-7+. The molecule has 0 unspecified atom stereocenters. The average molecular weight is 383 g/mol. The Labute approximate surface area is 164 Å². The van der Waals surface area contributed by atoms with E-state index in [0.29, 0.717) is 30.7 Å². The summed E-state index contributed by atoms with van der Waals surface area (Å²) in [5.41, 5.74) is 0.312. The number of benzene rings is 1. The van der Waals surface area contributed by atoms with Crippen molar-refractivity contribution >= 4 is 12.0 Å². The minimum atomic E-state index is -0.567. The molecule has 7 nitrogen and oxygen atoms in total. The third-order valence-corrected chi connectivity index (χ3v) is 5.27. The van der Waals surface area contributed by atoms with Gasteiger partial charge in [-0.25, -0.2) is 0 Å². The van der Waals surface area contributed by atoms with Crippen molar-refractivity contribution in [3.8, 4) is 11.5 Å². The number of ether oxygens (including phenoxy) is 2. The molecule has 2 aromatic rings. The van der Waals surface area contributed by atoms with Crippen LogP contribution in [0.5, 0.6) is 11.5 Å². The largest absolute Gasteiger partial charge is 0.486 e. The van der Waals surface area contributed by atoms with Crippen LogP contribution in [0.1, 0.15) is 55.8 Å². The highest BCUT2D eigenvalue weighted by Crippen LogP contribution is 2.35. The van der Waals surface area contributed by atoms with E-state index in [2.05, 4.69) is 15.5 Å². The number of aryl methyl sites for hydroxylation is 1. The molecule has 1 N–H and O–H groups in total. The summed E-state index contributed by atoms with van der Waals surface area (Å²) in [6.45, 7) is 2.86. The predicted octanol–water partition coefficient (Wildman–Crippen LogP) is 3.53. The molecule has 0 saturated heterocycles. The molecule has 0 spiro atoms. The van der Waals surface area contributed by atoms with E-state index in [1.54, 1.807) is 19.1 Å². The maximum atomic E-state index is 12.7. The van der Waals surface area contributed by atoms with Crippen molar-refractivity contribution in [2.45, 2.75) is 51.0 Å². The van der Waals surface area contributed by atoms with Crippen LogP contribution in [0, 0.1) is 6.92 Å². The van der Waals surface area contributed by atoms with Crippen LogP contribution in [0.25, 0.3) is 6.08 Å². The van der Waals surface area contributed by atoms with E-state index in [9.17, 15) is 4.79 Å². The molecule has 2 heterocycles. The lowest BCUT2D eigenvalue weighted by Gasteiger charge is -2.30. The van der Waals surface area contributed by atoms with Gasteiger partial charge in [0.15, 0.2) is 17.3 Å². The van der Waals surface area contributed by atoms with Gasteiger partial charge in [0, 0.05) is 13.0 Å². The third kappa shape index (κ3) is 4.03. The second kappa shape index (κ2) is 8.04. The smallest absolute Gasteiger partial charge is 0.244 e. The van der Waals surface area contributed by atoms with E-state index in [1.807, 2.05) is 18.2 Å². The van der Waals surface area contributed by atoms with Crippen molar-refractivity contribution in [3.63, 3.8) is 0 Å². The monoisotopic (exact) mass is 383 g/mol. The van der Waals surface area contributed by atoms with Gasteiger partial charge in [0.05, 0.1) is 0 Å². The molecule has 1 aromatic heterocycles. The minimum Gasteiger partial charge on any atom is -0.486 e. The normalized spacial score (nSPS) is 18.6. The Morgan fingerprint density at radius 1 is 1.11 bits per heavy atom. The number of aromatic nitrogens is 2. The van der Waals surface area contributed by atoms with Gasteiger partial charge in [-0.1, -0.05) is 36.9 Å². The van der Waals surface area contributed by atoms with E-state index in [4.69, 9.17) is 14.0 Å². The topological polar surface area (TPSA) is 86.5 Å². The minimum absolute atomic E-state index is 0.167. The molecule has 4 rings (SSSR count). The zero-order valence-electron chi connectivity index (χ0n) is 16.1. The number of hydrogen-bond acceptors (Lipinski definition) is 6. The maximum absolute atomic E-state index is 12.7. The van der Waals surface area contributed by atoms with Gasteiger partial charge in [-0.3, -0.25) is 4.79 Å². The zero-order valence-corrected chi connectivity index (χ0v) is 16.1. The molecule has 7 heteroatoms. The number of nitrogens with one attached hydrogen (secondary N) is 1. The molecule has 2 aliphatic rings. The Balaban J connectivity index is 1.50. The van der Waals surface area contributed by atoms with Crippen LogP contribution >= 0.6 is 0 Å². The lowest BCUT2D eigenvalue weighted by molar-refractivity contribution is -0.118. The van der Waals surface area contributed by atoms with Crippen molar-refractivity contribution in [2.75, 3.05) is 13.2 Å². The van der Waals surface area contributed by atoms with Crippen molar-refractivity contribution in [2.24, 2.45) is 0 Å². The summed E-state index contributed by atoms with van der Waals surface area (Å²) in [4.78, 5) is 17.2. The summed E-state index contributed by atoms with van der Waals surface area (Å²) in [6.07, 6.45) is 9.32. The van der Waals surface area contributed by atoms with Gasteiger partial charge in [0.2, 0.25) is 11.8 Å². The van der Waals surface area contributed by atoms with E-state index in [1.165, 1.54) is 0 Å². The van der Waals surface area contributed by atoms with E-state index in [0.717, 1.165) is 49.8 Å². The van der Waals surface area contributed by atoms with Crippen LogP contribution in [0.2, 0.25) is 0 Å². The maximum Gasteiger partial charge on any atom is 0.244 e. The molecular weight excluding hydrogens is 358 g/mol. The van der Waals surface area contributed by atoms with Crippen LogP contribution in [-0.2, 0) is 10.3 Å². The second-order valence-electron chi connectivity index (χ2n) is 7.36. The van der Waals surface area contributed by atoms with Gasteiger partial charge in [-0.05, 0) is 36.6 Å². The zero-order chi connectivity index (χ0) is 19.4. The van der Waals surface area contributed by atoms with E-state index in [-0.39, 0.29) is 5.91 Å². The molecular formula is C21H25N3O4. The number of carbonyl (C=O) groups excluding carboxylic acids is 1. The summed E-state index contributed by atoms with van der Waals surface area (Å²) >= 11 is 0. The van der Waals surface area contributed by atoms with Crippen molar-refractivity contribution in [1.82, 2.24) is 15.5 Å². The van der Waals surface area contributed by atoms with Crippen LogP contribution in [0.15, 0.2) is 28.8 Å². The molecule has 1 aromatic carbocycles. The first-order valence-electron chi connectivity index (χ1n) is 9.85. The second-order valence-corrected chi connectivity index (χ2v) is 7.36. The molecule has 1 aliphatic carbocycles. The molecule has 148 valence electrons. The fourth-order valence-corrected chi connectivity index (χ4v) is 3.84. The first kappa shape index (κ1) is 18.5. The van der Waals surface area contributed by atoms with Crippen molar-refractivity contribution in [3.05, 3.63) is 41.6 Å². The highest BCUT2D eigenvalue weighted by molar-refractivity contribution is 5.92. The van der Waals surface area contributed by atoms with Crippen LogP contribution < -0.4 is 14.8 Å². The highest BCUT2D eigenvalue weighted by Gasteiger charge is 2.38. The molecule has 0 atom stereocenters. The molecule has 28 heavy (non-hydrogen) atoms. The van der Waals surface area contributed by atoms with E-state index >= 15 is 0 Å². The van der Waals surface area contributed by atoms with Gasteiger partial charge < -0.3 is 19.3 Å². The molecule has 1 amide bonds. The van der Waals surface area contributed by atoms with Crippen LogP contribution in [0.3, 0.4) is 0 Å². The summed E-state index contributed by atoms with van der Waals surface area (Å²) < 4.78 is 16.3. The Morgan fingerprint density at radius 2 is 1.86 bits per heavy atom. The molecule has 1 aliphatic heterocycles. The molecule has 0 bridgehead atoms. The number of nitrogens with zero attached hydrogens (tertiary/aromatic N) is 2. The number of hydrogen-bond donors (Lipinski definition) is 1. The fraction of sp³-hybridized carbons (Fsp3) is 0.476. The number of amides is 1. The fourth-order valence-electron chi connectivity index (χ4n) is 3.84. The van der Waals surface area contributed by atoms with Crippen LogP contribution in [0.4, 0.5) is 0 Å². The van der Waals surface area contributed by atoms with Gasteiger partial charge >= 0.3 is 0 Å². The number of carbonyl (C=O) groups is 1. The van der Waals surface area contributed by atoms with Gasteiger partial charge in [0.25, 0.3) is 0 Å². The van der Waals surface area contributed by atoms with E-state index < -0.39 is 5.54 Å². The first-order valence-corrected chi connectivity index (χ1v) is 9.85. The molecule has 1 saturated carbocycles. The first-order chi connectivity index (χ1) is 13.6. The summed E-state index contributed by atoms with van der Waals surface area (Å²) in [5.74, 6) is 2.36. The number of fused-ring (bicyclic) bond motifs is 1. The number of rotatable bonds is 4. The SMILES string of the molecule is Cc1nc(C2(NC(=O)/C=C/c3ccc4c(c3)OCCO4)CCCCCC2)no1. The lowest BCUT2D eigenvalue weighted by Crippen LogP contribution is -2.45. The quantitative estimate of drug-likeness (QED) is 0.642. The predicted molar refractivity (Wildman–Crippen MR) is 103 cm³/mol. The van der Waals surface area contributed by atoms with Gasteiger partial charge in [0.1, 0.15) is 18.8 Å². The summed E-state index contributed by atoms with van der Waals surface area (Å²) in [7, 11) is 0. The molecule has 1 fully saturated rings. The average Bonchev–Trinajstić information content (AvgIpc) is 3.02. The summed E-state index contributed by atoms with van der Waals surface area (Å²) in [5, 5.41) is 7.29. The lowest BCUT2D eigenvalue weighted by atomic mass is 9.89. The summed E-state index contributed by atoms with van der Waals surface area (Å²) in [6, 6.07) is 5.64.